The maximum Gasteiger partial charge on any atom is 0.146 e. The van der Waals surface area contributed by atoms with Crippen LogP contribution in [0, 0.1) is 11.8 Å². The van der Waals surface area contributed by atoms with Crippen LogP contribution in [0.1, 0.15) is 79.1 Å². The summed E-state index contributed by atoms with van der Waals surface area (Å²) >= 11 is 3.55. The lowest BCUT2D eigenvalue weighted by Crippen LogP contribution is -2.12. The standard InChI is InChI=1S/C26H38O2S2/c1-5-9-11-19(7-3)17-27-23-21-13-15-30-26(21)24(22-14-16-29-25(22)23)28-18-20(8-4)12-10-6-2/h13-16,19-20H,5-12,17-18H2,1-4H3/t19-,20-/m0/s1. The van der Waals surface area contributed by atoms with E-state index in [9.17, 15) is 0 Å². The SMILES string of the molecule is CCCC[C@H](CC)COc1c2ccsc2c(OC[C@@H](CC)CCCC)c2ccsc12. The van der Waals surface area contributed by atoms with Crippen molar-refractivity contribution in [1.82, 2.24) is 0 Å². The van der Waals surface area contributed by atoms with Crippen LogP contribution in [0.15, 0.2) is 22.9 Å². The Bertz CT molecular complexity index is 774. The molecule has 2 nitrogen and oxygen atoms in total. The van der Waals surface area contributed by atoms with Gasteiger partial charge in [-0.15, -0.1) is 22.7 Å². The molecular formula is C26H38O2S2. The van der Waals surface area contributed by atoms with E-state index in [1.54, 1.807) is 22.7 Å². The Balaban J connectivity index is 1.85. The van der Waals surface area contributed by atoms with Crippen LogP contribution >= 0.6 is 22.7 Å². The molecule has 2 atom stereocenters. The van der Waals surface area contributed by atoms with Crippen molar-refractivity contribution in [3.8, 4) is 11.5 Å². The van der Waals surface area contributed by atoms with E-state index in [4.69, 9.17) is 9.47 Å². The molecule has 0 aliphatic carbocycles. The fraction of sp³-hybridized carbons (Fsp3) is 0.615. The Morgan fingerprint density at radius 1 is 0.700 bits per heavy atom. The second-order valence-electron chi connectivity index (χ2n) is 8.44. The molecule has 0 N–H and O–H groups in total. The number of unbranched alkanes of at least 4 members (excludes halogenated alkanes) is 2. The lowest BCUT2D eigenvalue weighted by atomic mass is 10.0. The van der Waals surface area contributed by atoms with Gasteiger partial charge in [0, 0.05) is 10.8 Å². The molecule has 0 radical (unpaired) electrons. The molecule has 166 valence electrons. The van der Waals surface area contributed by atoms with Crippen molar-refractivity contribution in [2.45, 2.75) is 79.1 Å². The minimum atomic E-state index is 0.633. The summed E-state index contributed by atoms with van der Waals surface area (Å²) in [6.45, 7) is 10.7. The predicted molar refractivity (Wildman–Crippen MR) is 135 cm³/mol. The molecule has 0 spiro atoms. The van der Waals surface area contributed by atoms with Crippen molar-refractivity contribution in [3.05, 3.63) is 22.9 Å². The maximum absolute atomic E-state index is 6.52. The van der Waals surface area contributed by atoms with Crippen LogP contribution in [0.4, 0.5) is 0 Å². The van der Waals surface area contributed by atoms with Gasteiger partial charge in [0.05, 0.1) is 22.6 Å². The van der Waals surface area contributed by atoms with E-state index in [0.717, 1.165) is 24.7 Å². The van der Waals surface area contributed by atoms with Gasteiger partial charge in [-0.3, -0.25) is 0 Å². The van der Waals surface area contributed by atoms with Crippen molar-refractivity contribution in [1.29, 1.82) is 0 Å². The Morgan fingerprint density at radius 2 is 1.13 bits per heavy atom. The second kappa shape index (κ2) is 12.0. The average Bonchev–Trinajstić information content (AvgIpc) is 3.44. The number of fused-ring (bicyclic) bond motifs is 2. The van der Waals surface area contributed by atoms with E-state index in [-0.39, 0.29) is 0 Å². The highest BCUT2D eigenvalue weighted by molar-refractivity contribution is 7.19. The van der Waals surface area contributed by atoms with E-state index in [2.05, 4.69) is 50.6 Å². The highest BCUT2D eigenvalue weighted by atomic mass is 32.1. The van der Waals surface area contributed by atoms with Crippen molar-refractivity contribution in [2.24, 2.45) is 11.8 Å². The van der Waals surface area contributed by atoms with Crippen LogP contribution in [0.2, 0.25) is 0 Å². The molecule has 0 aliphatic rings. The van der Waals surface area contributed by atoms with Crippen molar-refractivity contribution in [2.75, 3.05) is 13.2 Å². The number of rotatable bonds is 14. The van der Waals surface area contributed by atoms with Gasteiger partial charge in [0.2, 0.25) is 0 Å². The van der Waals surface area contributed by atoms with Gasteiger partial charge in [-0.1, -0.05) is 66.2 Å². The molecule has 2 heterocycles. The molecule has 3 rings (SSSR count). The fourth-order valence-electron chi connectivity index (χ4n) is 4.06. The number of hydrogen-bond donors (Lipinski definition) is 0. The van der Waals surface area contributed by atoms with Crippen LogP contribution in [0.5, 0.6) is 11.5 Å². The molecule has 30 heavy (non-hydrogen) atoms. The van der Waals surface area contributed by atoms with Gasteiger partial charge < -0.3 is 9.47 Å². The first-order valence-electron chi connectivity index (χ1n) is 11.9. The topological polar surface area (TPSA) is 18.5 Å². The molecule has 1 aromatic carbocycles. The first kappa shape index (κ1) is 23.4. The Morgan fingerprint density at radius 3 is 1.50 bits per heavy atom. The monoisotopic (exact) mass is 446 g/mol. The molecule has 4 heteroatoms. The normalized spacial score (nSPS) is 13.7. The molecule has 2 aromatic heterocycles. The second-order valence-corrected chi connectivity index (χ2v) is 10.3. The molecule has 0 unspecified atom stereocenters. The third kappa shape index (κ3) is 5.50. The number of ether oxygens (including phenoxy) is 2. The summed E-state index contributed by atoms with van der Waals surface area (Å²) in [4.78, 5) is 0. The van der Waals surface area contributed by atoms with Crippen LogP contribution in [-0.2, 0) is 0 Å². The van der Waals surface area contributed by atoms with Gasteiger partial charge >= 0.3 is 0 Å². The summed E-state index contributed by atoms with van der Waals surface area (Å²) in [7, 11) is 0. The molecule has 0 bridgehead atoms. The van der Waals surface area contributed by atoms with Crippen molar-refractivity contribution in [3.63, 3.8) is 0 Å². The Labute approximate surface area is 190 Å². The van der Waals surface area contributed by atoms with E-state index in [1.807, 2.05) is 0 Å². The van der Waals surface area contributed by atoms with E-state index in [1.165, 1.54) is 71.5 Å². The summed E-state index contributed by atoms with van der Waals surface area (Å²) in [5, 5.41) is 6.79. The molecule has 0 saturated carbocycles. The molecule has 3 aromatic rings. The maximum atomic E-state index is 6.52. The van der Waals surface area contributed by atoms with Gasteiger partial charge in [0.25, 0.3) is 0 Å². The zero-order chi connectivity index (χ0) is 21.3. The van der Waals surface area contributed by atoms with E-state index in [0.29, 0.717) is 11.8 Å². The summed E-state index contributed by atoms with van der Waals surface area (Å²) in [6.07, 6.45) is 9.94. The molecule has 0 fully saturated rings. The van der Waals surface area contributed by atoms with Crippen LogP contribution in [0.3, 0.4) is 0 Å². The quantitative estimate of drug-likeness (QED) is 0.245. The van der Waals surface area contributed by atoms with Gasteiger partial charge in [0.15, 0.2) is 0 Å². The lowest BCUT2D eigenvalue weighted by Gasteiger charge is -2.19. The Kier molecular flexibility index (Phi) is 9.32. The molecule has 0 saturated heterocycles. The van der Waals surface area contributed by atoms with Crippen LogP contribution < -0.4 is 9.47 Å². The largest absolute Gasteiger partial charge is 0.491 e. The van der Waals surface area contributed by atoms with E-state index < -0.39 is 0 Å². The van der Waals surface area contributed by atoms with Gasteiger partial charge in [-0.25, -0.2) is 0 Å². The minimum absolute atomic E-state index is 0.633. The van der Waals surface area contributed by atoms with Crippen molar-refractivity contribution < 1.29 is 9.47 Å². The summed E-state index contributed by atoms with van der Waals surface area (Å²) in [5.41, 5.74) is 0. The van der Waals surface area contributed by atoms with Crippen molar-refractivity contribution >= 4 is 42.8 Å². The highest BCUT2D eigenvalue weighted by Gasteiger charge is 2.20. The smallest absolute Gasteiger partial charge is 0.146 e. The number of hydrogen-bond acceptors (Lipinski definition) is 4. The fourth-order valence-corrected chi connectivity index (χ4v) is 5.87. The predicted octanol–water partition coefficient (Wildman–Crippen LogP) is 9.31. The van der Waals surface area contributed by atoms with Gasteiger partial charge in [-0.05, 0) is 47.6 Å². The van der Waals surface area contributed by atoms with Crippen LogP contribution in [0.25, 0.3) is 20.2 Å². The first-order valence-corrected chi connectivity index (χ1v) is 13.6. The average molecular weight is 447 g/mol. The Hall–Kier alpha value is -1.26. The third-order valence-corrected chi connectivity index (χ3v) is 8.07. The number of benzene rings is 1. The zero-order valence-electron chi connectivity index (χ0n) is 19.2. The summed E-state index contributed by atoms with van der Waals surface area (Å²) in [5.74, 6) is 3.40. The third-order valence-electron chi connectivity index (χ3n) is 6.25. The molecule has 0 amide bonds. The minimum Gasteiger partial charge on any atom is -0.491 e. The number of thiophene rings is 2. The lowest BCUT2D eigenvalue weighted by molar-refractivity contribution is 0.235. The highest BCUT2D eigenvalue weighted by Crippen LogP contribution is 2.47. The summed E-state index contributed by atoms with van der Waals surface area (Å²) < 4.78 is 15.5. The first-order chi connectivity index (χ1) is 14.7. The van der Waals surface area contributed by atoms with Gasteiger partial charge in [-0.2, -0.15) is 0 Å². The summed E-state index contributed by atoms with van der Waals surface area (Å²) in [6, 6.07) is 4.42. The van der Waals surface area contributed by atoms with E-state index >= 15 is 0 Å². The molecular weight excluding hydrogens is 408 g/mol. The molecule has 0 aliphatic heterocycles. The zero-order valence-corrected chi connectivity index (χ0v) is 20.8. The van der Waals surface area contributed by atoms with Crippen LogP contribution in [-0.4, -0.2) is 13.2 Å². The van der Waals surface area contributed by atoms with Gasteiger partial charge in [0.1, 0.15) is 11.5 Å².